The van der Waals surface area contributed by atoms with Gasteiger partial charge in [0, 0.05) is 27.9 Å². The number of aryl methyl sites for hydroxylation is 1. The molecule has 0 saturated heterocycles. The summed E-state index contributed by atoms with van der Waals surface area (Å²) in [5.41, 5.74) is 4.83. The smallest absolute Gasteiger partial charge is 0.216 e. The van der Waals surface area contributed by atoms with Gasteiger partial charge < -0.3 is 4.42 Å². The molecule has 0 saturated carbocycles. The van der Waals surface area contributed by atoms with Gasteiger partial charge in [-0.15, -0.1) is 0 Å². The zero-order valence-corrected chi connectivity index (χ0v) is 22.0. The van der Waals surface area contributed by atoms with E-state index >= 15 is 4.39 Å². The van der Waals surface area contributed by atoms with Crippen molar-refractivity contribution in [3.63, 3.8) is 0 Å². The van der Waals surface area contributed by atoms with E-state index in [2.05, 4.69) is 30.3 Å². The third-order valence-corrected chi connectivity index (χ3v) is 7.19. The quantitative estimate of drug-likeness (QED) is 0.223. The highest BCUT2D eigenvalue weighted by Gasteiger charge is 2.28. The molecule has 0 fully saturated rings. The number of halogens is 1. The Labute approximate surface area is 224 Å². The molecule has 4 heteroatoms. The Hall–Kier alpha value is -4.49. The minimum Gasteiger partial charge on any atom is -0.454 e. The van der Waals surface area contributed by atoms with Crippen molar-refractivity contribution in [2.24, 2.45) is 7.05 Å². The van der Waals surface area contributed by atoms with Crippen LogP contribution in [0.1, 0.15) is 40.2 Å². The fourth-order valence-corrected chi connectivity index (χ4v) is 5.23. The Kier molecular flexibility index (Phi) is 4.85. The molecule has 186 valence electrons. The second-order valence-electron chi connectivity index (χ2n) is 10.9. The van der Waals surface area contributed by atoms with Gasteiger partial charge in [0.1, 0.15) is 19.6 Å². The minimum atomic E-state index is -0.685. The highest BCUT2D eigenvalue weighted by atomic mass is 19.1. The fourth-order valence-electron chi connectivity index (χ4n) is 5.23. The summed E-state index contributed by atoms with van der Waals surface area (Å²) >= 11 is 0. The Bertz CT molecular complexity index is 2060. The average Bonchev–Trinajstić information content (AvgIpc) is 3.30. The number of nitriles is 1. The number of rotatable bonds is 2. The van der Waals surface area contributed by atoms with E-state index in [1.165, 1.54) is 4.57 Å². The van der Waals surface area contributed by atoms with E-state index in [0.29, 0.717) is 28.0 Å². The van der Waals surface area contributed by atoms with Crippen LogP contribution in [-0.2, 0) is 12.5 Å². The van der Waals surface area contributed by atoms with Crippen LogP contribution >= 0.6 is 0 Å². The lowest BCUT2D eigenvalue weighted by atomic mass is 9.86. The van der Waals surface area contributed by atoms with Crippen molar-refractivity contribution in [3.8, 4) is 28.5 Å². The lowest BCUT2D eigenvalue weighted by Gasteiger charge is -2.19. The monoisotopic (exact) mass is 501 g/mol. The summed E-state index contributed by atoms with van der Waals surface area (Å²) in [4.78, 5) is 0. The lowest BCUT2D eigenvalue weighted by molar-refractivity contribution is -0.662. The fraction of sp³-hybridized carbons (Fsp3) is 0.176. The molecule has 0 amide bonds. The molecule has 2 heterocycles. The third kappa shape index (κ3) is 3.74. The maximum absolute atomic E-state index is 15.3. The van der Waals surface area contributed by atoms with Gasteiger partial charge in [0.25, 0.3) is 0 Å². The van der Waals surface area contributed by atoms with Crippen molar-refractivity contribution >= 4 is 32.7 Å². The first-order chi connectivity index (χ1) is 19.0. The summed E-state index contributed by atoms with van der Waals surface area (Å²) in [6.45, 7) is 7.47. The molecule has 0 N–H and O–H groups in total. The second kappa shape index (κ2) is 8.53. The number of hydrogen-bond donors (Lipinski definition) is 0. The van der Waals surface area contributed by atoms with Crippen molar-refractivity contribution in [1.29, 1.82) is 5.26 Å². The molecule has 38 heavy (non-hydrogen) atoms. The van der Waals surface area contributed by atoms with Gasteiger partial charge in [-0.05, 0) is 52.4 Å². The Morgan fingerprint density at radius 1 is 0.947 bits per heavy atom. The van der Waals surface area contributed by atoms with Crippen molar-refractivity contribution in [3.05, 3.63) is 101 Å². The van der Waals surface area contributed by atoms with E-state index in [0.717, 1.165) is 38.2 Å². The maximum Gasteiger partial charge on any atom is 0.216 e. The first-order valence-electron chi connectivity index (χ1n) is 13.6. The normalized spacial score (nSPS) is 12.7. The molecule has 0 unspecified atom stereocenters. The van der Waals surface area contributed by atoms with Gasteiger partial charge in [-0.1, -0.05) is 69.3 Å². The number of aromatic nitrogens is 1. The van der Waals surface area contributed by atoms with E-state index in [-0.39, 0.29) is 17.8 Å². The summed E-state index contributed by atoms with van der Waals surface area (Å²) in [6.07, 6.45) is -0.285. The van der Waals surface area contributed by atoms with Crippen LogP contribution in [0.25, 0.3) is 55.1 Å². The largest absolute Gasteiger partial charge is 0.454 e. The Morgan fingerprint density at radius 3 is 2.45 bits per heavy atom. The molecular weight excluding hydrogens is 471 g/mol. The third-order valence-electron chi connectivity index (χ3n) is 7.19. The summed E-state index contributed by atoms with van der Waals surface area (Å²) in [5.74, 6) is -0.685. The zero-order valence-electron chi connectivity index (χ0n) is 24.0. The van der Waals surface area contributed by atoms with Gasteiger partial charge in [-0.2, -0.15) is 9.83 Å². The van der Waals surface area contributed by atoms with Crippen LogP contribution in [0.15, 0.2) is 83.4 Å². The molecule has 6 rings (SSSR count). The SMILES string of the molecule is [2H]c1c(C(C)(C)C)c(F)c([2H])[n+](C)c1-c1c(C)ccc2c1oc1c(-c3ccc4ccccc4c3)cc(C#N)cc12. The zero-order chi connectivity index (χ0) is 28.5. The van der Waals surface area contributed by atoms with Crippen molar-refractivity contribution in [2.45, 2.75) is 33.1 Å². The Morgan fingerprint density at radius 2 is 1.71 bits per heavy atom. The van der Waals surface area contributed by atoms with Crippen molar-refractivity contribution in [1.82, 2.24) is 0 Å². The molecule has 0 aliphatic carbocycles. The second-order valence-corrected chi connectivity index (χ2v) is 10.9. The van der Waals surface area contributed by atoms with Crippen LogP contribution in [0.5, 0.6) is 0 Å². The number of furan rings is 1. The first-order valence-corrected chi connectivity index (χ1v) is 12.6. The van der Waals surface area contributed by atoms with Crippen LogP contribution < -0.4 is 4.57 Å². The molecule has 0 radical (unpaired) electrons. The number of hydrogen-bond acceptors (Lipinski definition) is 2. The average molecular weight is 502 g/mol. The Balaban J connectivity index is 1.73. The molecule has 6 aromatic rings. The first kappa shape index (κ1) is 21.6. The summed E-state index contributed by atoms with van der Waals surface area (Å²) in [6, 6.07) is 24.2. The van der Waals surface area contributed by atoms with Crippen LogP contribution in [0.3, 0.4) is 0 Å². The molecule has 0 spiro atoms. The van der Waals surface area contributed by atoms with Gasteiger partial charge in [0.2, 0.25) is 11.9 Å². The lowest BCUT2D eigenvalue weighted by Crippen LogP contribution is -2.33. The molecule has 0 bridgehead atoms. The predicted molar refractivity (Wildman–Crippen MR) is 151 cm³/mol. The molecule has 3 nitrogen and oxygen atoms in total. The van der Waals surface area contributed by atoms with Crippen molar-refractivity contribution < 1.29 is 16.1 Å². The van der Waals surface area contributed by atoms with Crippen LogP contribution in [0.2, 0.25) is 0 Å². The van der Waals surface area contributed by atoms with E-state index in [9.17, 15) is 5.26 Å². The van der Waals surface area contributed by atoms with Crippen LogP contribution in [0.4, 0.5) is 4.39 Å². The van der Waals surface area contributed by atoms with Gasteiger partial charge in [0.15, 0.2) is 5.82 Å². The number of benzene rings is 4. The number of pyridine rings is 1. The van der Waals surface area contributed by atoms with Crippen LogP contribution in [0, 0.1) is 24.1 Å². The molecule has 2 aromatic heterocycles. The molecule has 4 aromatic carbocycles. The summed E-state index contributed by atoms with van der Waals surface area (Å²) < 4.78 is 41.1. The molecule has 0 aliphatic heterocycles. The molecule has 0 aliphatic rings. The van der Waals surface area contributed by atoms with E-state index in [1.54, 1.807) is 7.05 Å². The standard InChI is InChI=1S/C34H28FN2O/c1-20-10-13-25-27-15-21(18-36)14-26(24-12-11-22-8-6-7-9-23(22)16-24)32(27)38-33(25)31(20)30-17-28(34(2,3)4)29(35)19-37(30)5/h6-17,19H,1-5H3/q+1/i17D,19D. The topological polar surface area (TPSA) is 40.8 Å². The predicted octanol–water partition coefficient (Wildman–Crippen LogP) is 8.51. The van der Waals surface area contributed by atoms with E-state index in [4.69, 9.17) is 7.16 Å². The van der Waals surface area contributed by atoms with Gasteiger partial charge in [-0.25, -0.2) is 4.39 Å². The number of fused-ring (bicyclic) bond motifs is 4. The number of nitrogens with zero attached hydrogens (tertiary/aromatic N) is 2. The summed E-state index contributed by atoms with van der Waals surface area (Å²) in [7, 11) is 1.61. The van der Waals surface area contributed by atoms with E-state index < -0.39 is 11.2 Å². The maximum atomic E-state index is 15.3. The molecule has 0 atom stereocenters. The van der Waals surface area contributed by atoms with Gasteiger partial charge >= 0.3 is 0 Å². The molecular formula is C34H28FN2O+. The van der Waals surface area contributed by atoms with E-state index in [1.807, 2.05) is 70.2 Å². The van der Waals surface area contributed by atoms with Crippen molar-refractivity contribution in [2.75, 3.05) is 0 Å². The van der Waals surface area contributed by atoms with Gasteiger partial charge in [0.05, 0.1) is 18.6 Å². The summed E-state index contributed by atoms with van der Waals surface area (Å²) in [5, 5.41) is 13.7. The van der Waals surface area contributed by atoms with Gasteiger partial charge in [-0.3, -0.25) is 0 Å². The van der Waals surface area contributed by atoms with Crippen LogP contribution in [-0.4, -0.2) is 0 Å². The minimum absolute atomic E-state index is 0.0343. The highest BCUT2D eigenvalue weighted by Crippen LogP contribution is 2.42. The highest BCUT2D eigenvalue weighted by molar-refractivity contribution is 6.14.